The summed E-state index contributed by atoms with van der Waals surface area (Å²) in [6.45, 7) is 2.75. The summed E-state index contributed by atoms with van der Waals surface area (Å²) >= 11 is 0. The molecule has 4 rings (SSSR count). The van der Waals surface area contributed by atoms with Crippen LogP contribution in [0.15, 0.2) is 47.4 Å². The Kier molecular flexibility index (Phi) is 6.12. The molecule has 0 spiro atoms. The molecule has 0 atom stereocenters. The fourth-order valence-electron chi connectivity index (χ4n) is 4.54. The van der Waals surface area contributed by atoms with Crippen molar-refractivity contribution in [2.45, 2.75) is 45.6 Å². The first-order chi connectivity index (χ1) is 15.0. The predicted molar refractivity (Wildman–Crippen MR) is 122 cm³/mol. The Labute approximate surface area is 182 Å². The molecule has 1 saturated carbocycles. The molecule has 1 aliphatic rings. The van der Waals surface area contributed by atoms with Gasteiger partial charge in [-0.25, -0.2) is 0 Å². The van der Waals surface area contributed by atoms with Crippen molar-refractivity contribution in [1.82, 2.24) is 4.57 Å². The normalized spacial score (nSPS) is 14.5. The molecule has 2 aromatic carbocycles. The Morgan fingerprint density at radius 3 is 2.29 bits per heavy atom. The molecular formula is C26H29NO4. The Bertz CT molecular complexity index is 1150. The van der Waals surface area contributed by atoms with Crippen LogP contribution in [0, 0.1) is 12.8 Å². The van der Waals surface area contributed by atoms with Crippen LogP contribution in [0.3, 0.4) is 0 Å². The minimum atomic E-state index is -0.276. The highest BCUT2D eigenvalue weighted by molar-refractivity contribution is 6.10. The molecule has 1 aromatic heterocycles. The lowest BCUT2D eigenvalue weighted by Crippen LogP contribution is -2.22. The van der Waals surface area contributed by atoms with Crippen molar-refractivity contribution in [2.24, 2.45) is 5.92 Å². The number of fused-ring (bicyclic) bond motifs is 1. The number of pyridine rings is 1. The van der Waals surface area contributed by atoms with Crippen LogP contribution in [0.25, 0.3) is 10.9 Å². The third kappa shape index (κ3) is 4.22. The standard InChI is InChI=1S/C26H29NO4/c1-17-9-11-19(12-10-17)25(28)21-16-27(15-18-7-5-4-6-8-18)22-14-24(31-3)23(30-2)13-20(22)26(21)29/h9-14,16,18H,4-8,15H2,1-3H3. The average molecular weight is 420 g/mol. The van der Waals surface area contributed by atoms with Gasteiger partial charge < -0.3 is 14.0 Å². The van der Waals surface area contributed by atoms with Gasteiger partial charge in [0.15, 0.2) is 17.3 Å². The van der Waals surface area contributed by atoms with E-state index in [1.165, 1.54) is 32.1 Å². The summed E-state index contributed by atoms with van der Waals surface area (Å²) in [7, 11) is 3.13. The summed E-state index contributed by atoms with van der Waals surface area (Å²) in [5, 5.41) is 0.478. The van der Waals surface area contributed by atoms with E-state index in [-0.39, 0.29) is 16.8 Å². The zero-order valence-electron chi connectivity index (χ0n) is 18.4. The maximum Gasteiger partial charge on any atom is 0.200 e. The number of rotatable bonds is 6. The number of carbonyl (C=O) groups excluding carboxylic acids is 1. The van der Waals surface area contributed by atoms with E-state index >= 15 is 0 Å². The van der Waals surface area contributed by atoms with Gasteiger partial charge in [0, 0.05) is 24.4 Å². The summed E-state index contributed by atoms with van der Waals surface area (Å²) in [4.78, 5) is 26.7. The van der Waals surface area contributed by atoms with E-state index in [1.807, 2.05) is 25.1 Å². The van der Waals surface area contributed by atoms with Gasteiger partial charge in [-0.15, -0.1) is 0 Å². The molecule has 0 amide bonds. The first kappa shape index (κ1) is 21.2. The zero-order chi connectivity index (χ0) is 22.0. The average Bonchev–Trinajstić information content (AvgIpc) is 2.80. The second kappa shape index (κ2) is 8.96. The molecule has 0 unspecified atom stereocenters. The van der Waals surface area contributed by atoms with Gasteiger partial charge in [0.1, 0.15) is 0 Å². The highest BCUT2D eigenvalue weighted by Crippen LogP contribution is 2.33. The zero-order valence-corrected chi connectivity index (χ0v) is 18.4. The number of ether oxygens (including phenoxy) is 2. The highest BCUT2D eigenvalue weighted by atomic mass is 16.5. The number of hydrogen-bond acceptors (Lipinski definition) is 4. The lowest BCUT2D eigenvalue weighted by molar-refractivity contribution is 0.103. The molecule has 0 saturated heterocycles. The summed E-state index contributed by atoms with van der Waals surface area (Å²) < 4.78 is 13.0. The fourth-order valence-corrected chi connectivity index (χ4v) is 4.54. The predicted octanol–water partition coefficient (Wildman–Crippen LogP) is 5.14. The van der Waals surface area contributed by atoms with Crippen molar-refractivity contribution in [1.29, 1.82) is 0 Å². The van der Waals surface area contributed by atoms with E-state index in [9.17, 15) is 9.59 Å². The van der Waals surface area contributed by atoms with Gasteiger partial charge in [0.05, 0.1) is 30.7 Å². The SMILES string of the molecule is COc1cc2c(=O)c(C(=O)c3ccc(C)cc3)cn(CC3CCCCC3)c2cc1OC. The minimum Gasteiger partial charge on any atom is -0.493 e. The van der Waals surface area contributed by atoms with Crippen molar-refractivity contribution in [2.75, 3.05) is 14.2 Å². The smallest absolute Gasteiger partial charge is 0.200 e. The Hall–Kier alpha value is -3.08. The van der Waals surface area contributed by atoms with Crippen LogP contribution < -0.4 is 14.9 Å². The second-order valence-electron chi connectivity index (χ2n) is 8.45. The van der Waals surface area contributed by atoms with Gasteiger partial charge >= 0.3 is 0 Å². The number of aromatic nitrogens is 1. The monoisotopic (exact) mass is 419 g/mol. The molecule has 162 valence electrons. The maximum atomic E-state index is 13.4. The number of aryl methyl sites for hydroxylation is 1. The van der Waals surface area contributed by atoms with Crippen LogP contribution >= 0.6 is 0 Å². The van der Waals surface area contributed by atoms with Gasteiger partial charge in [0.25, 0.3) is 0 Å². The molecule has 31 heavy (non-hydrogen) atoms. The highest BCUT2D eigenvalue weighted by Gasteiger charge is 2.21. The molecule has 5 heteroatoms. The molecule has 0 radical (unpaired) electrons. The van der Waals surface area contributed by atoms with Crippen LogP contribution in [0.4, 0.5) is 0 Å². The molecule has 1 heterocycles. The number of hydrogen-bond donors (Lipinski definition) is 0. The van der Waals surface area contributed by atoms with E-state index in [4.69, 9.17) is 9.47 Å². The Morgan fingerprint density at radius 1 is 1.00 bits per heavy atom. The van der Waals surface area contributed by atoms with Gasteiger partial charge in [0.2, 0.25) is 5.43 Å². The van der Waals surface area contributed by atoms with E-state index < -0.39 is 0 Å². The van der Waals surface area contributed by atoms with Crippen LogP contribution in [-0.4, -0.2) is 24.6 Å². The van der Waals surface area contributed by atoms with Crippen molar-refractivity contribution in [3.8, 4) is 11.5 Å². The number of methoxy groups -OCH3 is 2. The molecule has 1 aliphatic carbocycles. The molecule has 0 N–H and O–H groups in total. The number of nitrogens with zero attached hydrogens (tertiary/aromatic N) is 1. The number of ketones is 1. The van der Waals surface area contributed by atoms with Crippen molar-refractivity contribution >= 4 is 16.7 Å². The number of benzene rings is 2. The third-order valence-electron chi connectivity index (χ3n) is 6.32. The van der Waals surface area contributed by atoms with Crippen molar-refractivity contribution in [3.63, 3.8) is 0 Å². The summed E-state index contributed by atoms with van der Waals surface area (Å²) in [5.41, 5.74) is 2.28. The molecule has 5 nitrogen and oxygen atoms in total. The van der Waals surface area contributed by atoms with Gasteiger partial charge in [-0.3, -0.25) is 9.59 Å². The topological polar surface area (TPSA) is 57.5 Å². The quantitative estimate of drug-likeness (QED) is 0.519. The summed E-state index contributed by atoms with van der Waals surface area (Å²) in [6.07, 6.45) is 7.82. The molecule has 0 aliphatic heterocycles. The lowest BCUT2D eigenvalue weighted by Gasteiger charge is -2.24. The third-order valence-corrected chi connectivity index (χ3v) is 6.32. The summed E-state index contributed by atoms with van der Waals surface area (Å²) in [5.74, 6) is 1.34. The van der Waals surface area contributed by atoms with E-state index in [2.05, 4.69) is 4.57 Å². The first-order valence-corrected chi connectivity index (χ1v) is 10.9. The molecule has 0 bridgehead atoms. The van der Waals surface area contributed by atoms with Crippen molar-refractivity contribution in [3.05, 3.63) is 69.5 Å². The van der Waals surface area contributed by atoms with Crippen LogP contribution in [0.5, 0.6) is 11.5 Å². The number of carbonyl (C=O) groups is 1. The van der Waals surface area contributed by atoms with Crippen LogP contribution in [0.2, 0.25) is 0 Å². The Balaban J connectivity index is 1.89. The van der Waals surface area contributed by atoms with Crippen LogP contribution in [-0.2, 0) is 6.54 Å². The van der Waals surface area contributed by atoms with Gasteiger partial charge in [-0.2, -0.15) is 0 Å². The first-order valence-electron chi connectivity index (χ1n) is 10.9. The van der Waals surface area contributed by atoms with Crippen molar-refractivity contribution < 1.29 is 14.3 Å². The molecule has 3 aromatic rings. The van der Waals surface area contributed by atoms with E-state index in [1.54, 1.807) is 38.6 Å². The minimum absolute atomic E-state index is 0.194. The fraction of sp³-hybridized carbons (Fsp3) is 0.385. The van der Waals surface area contributed by atoms with E-state index in [0.29, 0.717) is 28.4 Å². The maximum absolute atomic E-state index is 13.4. The Morgan fingerprint density at radius 2 is 1.65 bits per heavy atom. The summed E-state index contributed by atoms with van der Waals surface area (Å²) in [6, 6.07) is 10.9. The largest absolute Gasteiger partial charge is 0.493 e. The van der Waals surface area contributed by atoms with Gasteiger partial charge in [-0.05, 0) is 31.7 Å². The molecular weight excluding hydrogens is 390 g/mol. The molecule has 1 fully saturated rings. The van der Waals surface area contributed by atoms with Gasteiger partial charge in [-0.1, -0.05) is 49.1 Å². The second-order valence-corrected chi connectivity index (χ2v) is 8.45. The van der Waals surface area contributed by atoms with E-state index in [0.717, 1.165) is 17.6 Å². The van der Waals surface area contributed by atoms with Crippen LogP contribution in [0.1, 0.15) is 53.6 Å². The lowest BCUT2D eigenvalue weighted by atomic mass is 9.89.